The lowest BCUT2D eigenvalue weighted by Gasteiger charge is -2.16. The number of nitrogens with one attached hydrogen (secondary N) is 1. The topological polar surface area (TPSA) is 69.8 Å². The number of hydrogen-bond donors (Lipinski definition) is 1. The first-order valence-electron chi connectivity index (χ1n) is 9.94. The summed E-state index contributed by atoms with van der Waals surface area (Å²) in [4.78, 5) is 15.5. The SMILES string of the molecule is COc1ccc(COc2cc3[nH]ccc(=O)c3c(Cl)c2OCc2ccc(OC)cc2)cc1. The molecule has 0 bridgehead atoms. The van der Waals surface area contributed by atoms with Crippen molar-refractivity contribution in [3.8, 4) is 23.0 Å². The number of halogens is 1. The van der Waals surface area contributed by atoms with Gasteiger partial charge in [-0.1, -0.05) is 35.9 Å². The van der Waals surface area contributed by atoms with Crippen LogP contribution in [0.5, 0.6) is 23.0 Å². The van der Waals surface area contributed by atoms with Crippen LogP contribution in [0, 0.1) is 0 Å². The Kier molecular flexibility index (Phi) is 6.52. The lowest BCUT2D eigenvalue weighted by atomic mass is 10.1. The molecule has 1 aromatic heterocycles. The average molecular weight is 452 g/mol. The van der Waals surface area contributed by atoms with Gasteiger partial charge in [-0.05, 0) is 35.4 Å². The van der Waals surface area contributed by atoms with Gasteiger partial charge in [-0.2, -0.15) is 0 Å². The molecule has 0 fully saturated rings. The van der Waals surface area contributed by atoms with E-state index in [1.807, 2.05) is 48.5 Å². The Morgan fingerprint density at radius 1 is 0.812 bits per heavy atom. The van der Waals surface area contributed by atoms with Crippen LogP contribution in [0.15, 0.2) is 71.7 Å². The van der Waals surface area contributed by atoms with E-state index in [1.54, 1.807) is 26.5 Å². The van der Waals surface area contributed by atoms with Crippen LogP contribution in [0.4, 0.5) is 0 Å². The number of aromatic nitrogens is 1. The Morgan fingerprint density at radius 2 is 1.38 bits per heavy atom. The van der Waals surface area contributed by atoms with Gasteiger partial charge in [-0.3, -0.25) is 4.79 Å². The summed E-state index contributed by atoms with van der Waals surface area (Å²) in [7, 11) is 3.24. The highest BCUT2D eigenvalue weighted by molar-refractivity contribution is 6.37. The number of fused-ring (bicyclic) bond motifs is 1. The largest absolute Gasteiger partial charge is 0.497 e. The van der Waals surface area contributed by atoms with Crippen molar-refractivity contribution in [3.63, 3.8) is 0 Å². The second kappa shape index (κ2) is 9.66. The highest BCUT2D eigenvalue weighted by Gasteiger charge is 2.18. The first kappa shape index (κ1) is 21.6. The summed E-state index contributed by atoms with van der Waals surface area (Å²) in [6.45, 7) is 0.542. The first-order valence-corrected chi connectivity index (χ1v) is 10.3. The van der Waals surface area contributed by atoms with E-state index in [4.69, 9.17) is 30.5 Å². The zero-order valence-electron chi connectivity index (χ0n) is 17.7. The van der Waals surface area contributed by atoms with Gasteiger partial charge < -0.3 is 23.9 Å². The second-order valence-corrected chi connectivity index (χ2v) is 7.43. The summed E-state index contributed by atoms with van der Waals surface area (Å²) in [6.07, 6.45) is 1.58. The summed E-state index contributed by atoms with van der Waals surface area (Å²) in [6, 6.07) is 18.2. The van der Waals surface area contributed by atoms with Crippen molar-refractivity contribution in [1.29, 1.82) is 0 Å². The van der Waals surface area contributed by atoms with E-state index in [2.05, 4.69) is 4.98 Å². The summed E-state index contributed by atoms with van der Waals surface area (Å²) < 4.78 is 22.5. The number of pyridine rings is 1. The molecule has 0 aliphatic heterocycles. The molecule has 4 rings (SSSR count). The average Bonchev–Trinajstić information content (AvgIpc) is 2.83. The summed E-state index contributed by atoms with van der Waals surface area (Å²) in [5.41, 5.74) is 2.25. The third kappa shape index (κ3) is 4.65. The van der Waals surface area contributed by atoms with Crippen LogP contribution in [0.1, 0.15) is 11.1 Å². The Balaban J connectivity index is 1.64. The highest BCUT2D eigenvalue weighted by atomic mass is 35.5. The molecule has 0 radical (unpaired) electrons. The molecule has 0 aliphatic rings. The van der Waals surface area contributed by atoms with Crippen molar-refractivity contribution in [1.82, 2.24) is 4.98 Å². The van der Waals surface area contributed by atoms with Gasteiger partial charge in [0.15, 0.2) is 16.9 Å². The maximum atomic E-state index is 12.4. The molecule has 6 nitrogen and oxygen atoms in total. The molecule has 1 N–H and O–H groups in total. The lowest BCUT2D eigenvalue weighted by molar-refractivity contribution is 0.256. The Bertz CT molecular complexity index is 1270. The van der Waals surface area contributed by atoms with Gasteiger partial charge in [0.1, 0.15) is 24.7 Å². The van der Waals surface area contributed by atoms with Crippen LogP contribution in [-0.4, -0.2) is 19.2 Å². The van der Waals surface area contributed by atoms with Gasteiger partial charge in [0.25, 0.3) is 0 Å². The number of ether oxygens (including phenoxy) is 4. The maximum Gasteiger partial charge on any atom is 0.191 e. The Hall–Kier alpha value is -3.64. The minimum absolute atomic E-state index is 0.195. The minimum Gasteiger partial charge on any atom is -0.497 e. The quantitative estimate of drug-likeness (QED) is 0.390. The van der Waals surface area contributed by atoms with Gasteiger partial charge >= 0.3 is 0 Å². The molecule has 7 heteroatoms. The van der Waals surface area contributed by atoms with Gasteiger partial charge in [-0.15, -0.1) is 0 Å². The van der Waals surface area contributed by atoms with Crippen molar-refractivity contribution in [2.75, 3.05) is 14.2 Å². The molecule has 164 valence electrons. The van der Waals surface area contributed by atoms with Crippen LogP contribution in [0.25, 0.3) is 10.9 Å². The standard InChI is InChI=1S/C25H22ClNO5/c1-29-18-7-3-16(4-8-18)14-31-22-13-20-23(21(28)11-12-27-20)24(26)25(22)32-15-17-5-9-19(30-2)10-6-17/h3-13H,14-15H2,1-2H3,(H,27,28). The van der Waals surface area contributed by atoms with Gasteiger partial charge in [0.05, 0.1) is 30.1 Å². The maximum absolute atomic E-state index is 12.4. The number of benzene rings is 3. The van der Waals surface area contributed by atoms with Crippen molar-refractivity contribution in [2.24, 2.45) is 0 Å². The normalized spacial score (nSPS) is 10.7. The molecule has 32 heavy (non-hydrogen) atoms. The van der Waals surface area contributed by atoms with E-state index in [0.29, 0.717) is 29.0 Å². The Morgan fingerprint density at radius 3 is 1.94 bits per heavy atom. The third-order valence-corrected chi connectivity index (χ3v) is 5.36. The van der Waals surface area contributed by atoms with E-state index >= 15 is 0 Å². The molecule has 0 aliphatic carbocycles. The molecule has 3 aromatic carbocycles. The third-order valence-electron chi connectivity index (χ3n) is 5.00. The second-order valence-electron chi connectivity index (χ2n) is 7.06. The fourth-order valence-electron chi connectivity index (χ4n) is 3.26. The van der Waals surface area contributed by atoms with E-state index in [1.165, 1.54) is 6.07 Å². The molecule has 4 aromatic rings. The van der Waals surface area contributed by atoms with Crippen LogP contribution in [-0.2, 0) is 13.2 Å². The molecule has 0 amide bonds. The number of hydrogen-bond acceptors (Lipinski definition) is 5. The van der Waals surface area contributed by atoms with E-state index in [9.17, 15) is 4.79 Å². The van der Waals surface area contributed by atoms with Crippen molar-refractivity contribution < 1.29 is 18.9 Å². The zero-order chi connectivity index (χ0) is 22.5. The fraction of sp³-hybridized carbons (Fsp3) is 0.160. The molecule has 0 saturated carbocycles. The minimum atomic E-state index is -0.195. The monoisotopic (exact) mass is 451 g/mol. The van der Waals surface area contributed by atoms with Crippen molar-refractivity contribution in [2.45, 2.75) is 13.2 Å². The predicted molar refractivity (Wildman–Crippen MR) is 124 cm³/mol. The van der Waals surface area contributed by atoms with Gasteiger partial charge in [0.2, 0.25) is 0 Å². The van der Waals surface area contributed by atoms with Crippen LogP contribution in [0.3, 0.4) is 0 Å². The van der Waals surface area contributed by atoms with Crippen LogP contribution >= 0.6 is 11.6 Å². The zero-order valence-corrected chi connectivity index (χ0v) is 18.4. The van der Waals surface area contributed by atoms with Crippen LogP contribution in [0.2, 0.25) is 5.02 Å². The molecular weight excluding hydrogens is 430 g/mol. The summed E-state index contributed by atoms with van der Waals surface area (Å²) in [5, 5.41) is 0.568. The molecule has 0 saturated heterocycles. The van der Waals surface area contributed by atoms with Crippen LogP contribution < -0.4 is 24.4 Å². The molecule has 0 spiro atoms. The number of rotatable bonds is 8. The first-order chi connectivity index (χ1) is 15.6. The molecule has 0 atom stereocenters. The van der Waals surface area contributed by atoms with Crippen molar-refractivity contribution in [3.05, 3.63) is 93.2 Å². The summed E-state index contributed by atoms with van der Waals surface area (Å²) in [5.74, 6) is 2.28. The van der Waals surface area contributed by atoms with E-state index in [-0.39, 0.29) is 17.1 Å². The van der Waals surface area contributed by atoms with Gasteiger partial charge in [0, 0.05) is 18.3 Å². The Labute approximate surface area is 190 Å². The number of H-pyrrole nitrogens is 1. The lowest BCUT2D eigenvalue weighted by Crippen LogP contribution is -2.06. The van der Waals surface area contributed by atoms with Crippen molar-refractivity contribution >= 4 is 22.5 Å². The van der Waals surface area contributed by atoms with E-state index < -0.39 is 0 Å². The highest BCUT2D eigenvalue weighted by Crippen LogP contribution is 2.40. The number of methoxy groups -OCH3 is 2. The predicted octanol–water partition coefficient (Wildman–Crippen LogP) is 5.36. The molecule has 0 unspecified atom stereocenters. The summed E-state index contributed by atoms with van der Waals surface area (Å²) >= 11 is 6.63. The smallest absolute Gasteiger partial charge is 0.191 e. The van der Waals surface area contributed by atoms with E-state index in [0.717, 1.165) is 22.6 Å². The van der Waals surface area contributed by atoms with Gasteiger partial charge in [-0.25, -0.2) is 0 Å². The fourth-order valence-corrected chi connectivity index (χ4v) is 3.60. The molecule has 1 heterocycles. The molecular formula is C25H22ClNO5. The number of aromatic amines is 1.